The van der Waals surface area contributed by atoms with Crippen molar-refractivity contribution < 1.29 is 46.1 Å². The fraction of sp³-hybridized carbons (Fsp3) is 0.500. The van der Waals surface area contributed by atoms with Crippen LogP contribution in [0, 0.1) is 0 Å². The number of aliphatic hydroxyl groups is 2. The van der Waals surface area contributed by atoms with Gasteiger partial charge in [-0.1, -0.05) is 35.9 Å². The van der Waals surface area contributed by atoms with Crippen LogP contribution < -0.4 is 10.6 Å². The number of benzene rings is 2. The van der Waals surface area contributed by atoms with Gasteiger partial charge in [0.1, 0.15) is 0 Å². The van der Waals surface area contributed by atoms with Crippen molar-refractivity contribution in [1.82, 2.24) is 15.1 Å². The molecule has 236 valence electrons. The third kappa shape index (κ3) is 7.54. The molecule has 2 fully saturated rings. The number of urea groups is 1. The molecule has 0 unspecified atom stereocenters. The first-order valence-corrected chi connectivity index (χ1v) is 14.0. The zero-order valence-corrected chi connectivity index (χ0v) is 23.6. The monoisotopic (exact) mass is 636 g/mol. The van der Waals surface area contributed by atoms with Crippen molar-refractivity contribution in [1.29, 1.82) is 0 Å². The lowest BCUT2D eigenvalue weighted by Crippen LogP contribution is -2.53. The van der Waals surface area contributed by atoms with E-state index in [0.717, 1.165) is 12.1 Å². The molecule has 0 radical (unpaired) electrons. The van der Waals surface area contributed by atoms with Crippen LogP contribution in [0.4, 0.5) is 36.8 Å². The van der Waals surface area contributed by atoms with E-state index in [9.17, 15) is 46.1 Å². The first-order chi connectivity index (χ1) is 20.1. The van der Waals surface area contributed by atoms with Gasteiger partial charge in [0.05, 0.1) is 16.8 Å². The van der Waals surface area contributed by atoms with Gasteiger partial charge >= 0.3 is 18.4 Å². The summed E-state index contributed by atoms with van der Waals surface area (Å²) in [6.07, 6.45) is -9.67. The van der Waals surface area contributed by atoms with Crippen LogP contribution >= 0.6 is 11.6 Å². The molecule has 1 aliphatic heterocycles. The Hall–Kier alpha value is -3.07. The predicted octanol–water partition coefficient (Wildman–Crippen LogP) is 5.04. The smallest absolute Gasteiger partial charge is 0.393 e. The lowest BCUT2D eigenvalue weighted by atomic mass is 9.91. The van der Waals surface area contributed by atoms with E-state index >= 15 is 0 Å². The molecule has 1 aliphatic carbocycles. The number of aliphatic hydroxyl groups excluding tert-OH is 1. The molecule has 1 saturated carbocycles. The quantitative estimate of drug-likeness (QED) is 0.333. The molecule has 0 spiro atoms. The molecule has 3 amide bonds. The number of rotatable bonds is 6. The second-order valence-electron chi connectivity index (χ2n) is 10.8. The topological polar surface area (TPSA) is 105 Å². The Morgan fingerprint density at radius 3 is 2.00 bits per heavy atom. The van der Waals surface area contributed by atoms with E-state index in [-0.39, 0.29) is 29.6 Å². The Morgan fingerprint density at radius 2 is 1.47 bits per heavy atom. The molecule has 2 aromatic carbocycles. The van der Waals surface area contributed by atoms with Crippen molar-refractivity contribution in [3.8, 4) is 0 Å². The van der Waals surface area contributed by atoms with E-state index in [1.807, 2.05) is 4.90 Å². The van der Waals surface area contributed by atoms with E-state index in [2.05, 4.69) is 10.6 Å². The van der Waals surface area contributed by atoms with Gasteiger partial charge in [0.2, 0.25) is 0 Å². The number of nitrogens with zero attached hydrogens (tertiary/aromatic N) is 2. The Balaban J connectivity index is 1.29. The van der Waals surface area contributed by atoms with Crippen LogP contribution in [0.5, 0.6) is 0 Å². The van der Waals surface area contributed by atoms with Crippen LogP contribution in [-0.2, 0) is 12.1 Å². The van der Waals surface area contributed by atoms with E-state index in [0.29, 0.717) is 80.8 Å². The van der Waals surface area contributed by atoms with Crippen molar-refractivity contribution in [3.63, 3.8) is 0 Å². The Bertz CT molecular complexity index is 1280. The van der Waals surface area contributed by atoms with Gasteiger partial charge in [0, 0.05) is 49.9 Å². The van der Waals surface area contributed by atoms with Gasteiger partial charge in [0.15, 0.2) is 0 Å². The van der Waals surface area contributed by atoms with Crippen LogP contribution in [0.2, 0.25) is 5.02 Å². The molecule has 1 heterocycles. The molecule has 2 aliphatic rings. The fourth-order valence-corrected chi connectivity index (χ4v) is 5.43. The number of piperazine rings is 1. The van der Waals surface area contributed by atoms with Crippen LogP contribution in [-0.4, -0.2) is 82.6 Å². The number of hydrogen-bond acceptors (Lipinski definition) is 5. The summed E-state index contributed by atoms with van der Waals surface area (Å²) in [5.41, 5.74) is -5.23. The molecule has 0 atom stereocenters. The van der Waals surface area contributed by atoms with Crippen LogP contribution in [0.25, 0.3) is 0 Å². The zero-order chi connectivity index (χ0) is 31.6. The molecule has 4 rings (SSSR count). The summed E-state index contributed by atoms with van der Waals surface area (Å²) in [6.45, 7) is 1.64. The number of carbonyl (C=O) groups excluding carboxylic acids is 2. The molecule has 2 aromatic rings. The van der Waals surface area contributed by atoms with Crippen LogP contribution in [0.1, 0.15) is 47.2 Å². The first-order valence-electron chi connectivity index (χ1n) is 13.6. The van der Waals surface area contributed by atoms with Crippen molar-refractivity contribution in [2.75, 3.05) is 31.5 Å². The molecule has 43 heavy (non-hydrogen) atoms. The number of amides is 3. The number of nitrogens with one attached hydrogen (secondary N) is 2. The van der Waals surface area contributed by atoms with Crippen molar-refractivity contribution >= 4 is 29.2 Å². The summed E-state index contributed by atoms with van der Waals surface area (Å²) in [5.74, 6) is -0.291. The van der Waals surface area contributed by atoms with Gasteiger partial charge in [-0.15, -0.1) is 0 Å². The SMILES string of the molecule is O=C(Nc1ccc(C(=O)N2CCN(Cc3ccc(C(O)(C(F)(F)F)C(F)(F)F)cc3)CC2)cc1Cl)NC1CCC(O)CC1. The van der Waals surface area contributed by atoms with Gasteiger partial charge in [-0.2, -0.15) is 26.3 Å². The number of halogens is 7. The molecular formula is C28H31ClF6N4O4. The maximum Gasteiger partial charge on any atom is 0.430 e. The van der Waals surface area contributed by atoms with E-state index in [4.69, 9.17) is 11.6 Å². The van der Waals surface area contributed by atoms with Crippen LogP contribution in [0.15, 0.2) is 42.5 Å². The van der Waals surface area contributed by atoms with Crippen molar-refractivity contribution in [3.05, 3.63) is 64.2 Å². The normalized spacial score (nSPS) is 20.5. The minimum atomic E-state index is -5.95. The molecule has 8 nitrogen and oxygen atoms in total. The van der Waals surface area contributed by atoms with Gasteiger partial charge in [-0.25, -0.2) is 4.79 Å². The molecule has 15 heteroatoms. The summed E-state index contributed by atoms with van der Waals surface area (Å²) in [5, 5.41) is 24.8. The second-order valence-corrected chi connectivity index (χ2v) is 11.2. The second kappa shape index (κ2) is 12.9. The summed E-state index contributed by atoms with van der Waals surface area (Å²) < 4.78 is 78.7. The van der Waals surface area contributed by atoms with Crippen molar-refractivity contribution in [2.24, 2.45) is 0 Å². The summed E-state index contributed by atoms with van der Waals surface area (Å²) in [7, 11) is 0. The number of anilines is 1. The average Bonchev–Trinajstić information content (AvgIpc) is 2.94. The zero-order valence-electron chi connectivity index (χ0n) is 22.8. The van der Waals surface area contributed by atoms with E-state index < -0.39 is 29.5 Å². The summed E-state index contributed by atoms with van der Waals surface area (Å²) in [6, 6.07) is 7.46. The first kappa shape index (κ1) is 32.8. The fourth-order valence-electron chi connectivity index (χ4n) is 5.20. The number of carbonyl (C=O) groups is 2. The standard InChI is InChI=1S/C28H31ClF6N4O4/c29-22-15-18(3-10-23(22)37-25(42)36-20-6-8-21(40)9-7-20)24(41)39-13-11-38(12-14-39)16-17-1-4-19(5-2-17)26(43,27(30,31)32)28(33,34)35/h1-5,10,15,20-21,40,43H,6-9,11-14,16H2,(H2,36,37,42). The largest absolute Gasteiger partial charge is 0.430 e. The third-order valence-electron chi connectivity index (χ3n) is 7.75. The number of alkyl halides is 6. The summed E-state index contributed by atoms with van der Waals surface area (Å²) in [4.78, 5) is 28.9. The van der Waals surface area contributed by atoms with Gasteiger partial charge in [-0.3, -0.25) is 9.69 Å². The number of hydrogen-bond donors (Lipinski definition) is 4. The Kier molecular flexibility index (Phi) is 9.84. The third-order valence-corrected chi connectivity index (χ3v) is 8.07. The van der Waals surface area contributed by atoms with Crippen LogP contribution in [0.3, 0.4) is 0 Å². The maximum absolute atomic E-state index is 13.1. The van der Waals surface area contributed by atoms with Crippen molar-refractivity contribution in [2.45, 2.75) is 62.3 Å². The van der Waals surface area contributed by atoms with E-state index in [1.54, 1.807) is 4.90 Å². The molecular weight excluding hydrogens is 606 g/mol. The maximum atomic E-state index is 13.1. The Labute approximate surface area is 248 Å². The highest BCUT2D eigenvalue weighted by molar-refractivity contribution is 6.34. The average molecular weight is 637 g/mol. The predicted molar refractivity (Wildman–Crippen MR) is 145 cm³/mol. The highest BCUT2D eigenvalue weighted by atomic mass is 35.5. The lowest BCUT2D eigenvalue weighted by Gasteiger charge is -2.35. The summed E-state index contributed by atoms with van der Waals surface area (Å²) >= 11 is 6.33. The minimum Gasteiger partial charge on any atom is -0.393 e. The molecule has 0 aromatic heterocycles. The van der Waals surface area contributed by atoms with Gasteiger partial charge < -0.3 is 25.7 Å². The van der Waals surface area contributed by atoms with Gasteiger partial charge in [0.25, 0.3) is 11.5 Å². The van der Waals surface area contributed by atoms with E-state index in [1.165, 1.54) is 18.2 Å². The molecule has 4 N–H and O–H groups in total. The highest BCUT2D eigenvalue weighted by Gasteiger charge is 2.71. The van der Waals surface area contributed by atoms with Gasteiger partial charge in [-0.05, 0) is 49.4 Å². The molecule has 0 bridgehead atoms. The lowest BCUT2D eigenvalue weighted by molar-refractivity contribution is -0.376. The minimum absolute atomic E-state index is 0.0511. The highest BCUT2D eigenvalue weighted by Crippen LogP contribution is 2.50. The Morgan fingerprint density at radius 1 is 0.884 bits per heavy atom. The molecule has 1 saturated heterocycles.